The number of aromatic hydroxyl groups is 3. The maximum Gasteiger partial charge on any atom is 0.211 e. The number of aliphatic hydroxyl groups is 1. The van der Waals surface area contributed by atoms with E-state index in [1.54, 1.807) is 30.3 Å². The Morgan fingerprint density at radius 2 is 1.35 bits per heavy atom. The minimum absolute atomic E-state index is 0.0444. The van der Waals surface area contributed by atoms with Crippen LogP contribution < -0.4 is 10.6 Å². The molecule has 0 aromatic heterocycles. The second-order valence-electron chi connectivity index (χ2n) is 7.28. The van der Waals surface area contributed by atoms with E-state index in [0.717, 1.165) is 17.5 Å². The molecule has 0 bridgehead atoms. The Balaban J connectivity index is 1.63. The highest BCUT2D eigenvalue weighted by molar-refractivity contribution is 5.75. The van der Waals surface area contributed by atoms with Gasteiger partial charge < -0.3 is 31.1 Å². The van der Waals surface area contributed by atoms with Crippen molar-refractivity contribution in [3.05, 3.63) is 83.4 Å². The zero-order valence-corrected chi connectivity index (χ0v) is 16.9. The van der Waals surface area contributed by atoms with E-state index in [1.807, 2.05) is 24.3 Å². The van der Waals surface area contributed by atoms with Crippen molar-refractivity contribution in [1.82, 2.24) is 5.32 Å². The van der Waals surface area contributed by atoms with Gasteiger partial charge in [-0.1, -0.05) is 30.3 Å². The summed E-state index contributed by atoms with van der Waals surface area (Å²) in [6, 6.07) is 18.7. The van der Waals surface area contributed by atoms with Gasteiger partial charge in [-0.05, 0) is 66.1 Å². The lowest BCUT2D eigenvalue weighted by Gasteiger charge is -2.20. The van der Waals surface area contributed by atoms with E-state index in [1.165, 1.54) is 12.1 Å². The topological polar surface area (TPSA) is 122 Å². The first kappa shape index (κ1) is 22.1. The van der Waals surface area contributed by atoms with Crippen LogP contribution >= 0.6 is 0 Å². The Morgan fingerprint density at radius 3 is 1.90 bits per heavy atom. The third-order valence-electron chi connectivity index (χ3n) is 5.16. The Hall–Kier alpha value is -3.55. The van der Waals surface area contributed by atoms with E-state index < -0.39 is 6.10 Å². The molecule has 3 aromatic carbocycles. The molecule has 0 aliphatic carbocycles. The van der Waals surface area contributed by atoms with Gasteiger partial charge in [0.05, 0.1) is 11.8 Å². The monoisotopic (exact) mass is 422 g/mol. The fourth-order valence-electron chi connectivity index (χ4n) is 3.48. The van der Waals surface area contributed by atoms with Crippen molar-refractivity contribution in [2.75, 3.05) is 18.4 Å². The highest BCUT2D eigenvalue weighted by Gasteiger charge is 2.15. The summed E-state index contributed by atoms with van der Waals surface area (Å²) < 4.78 is 0. The molecule has 7 heteroatoms. The van der Waals surface area contributed by atoms with Crippen LogP contribution in [0.4, 0.5) is 5.69 Å². The summed E-state index contributed by atoms with van der Waals surface area (Å²) >= 11 is 0. The number of hydrogen-bond donors (Lipinski definition) is 6. The van der Waals surface area contributed by atoms with Gasteiger partial charge >= 0.3 is 0 Å². The van der Waals surface area contributed by atoms with Crippen LogP contribution in [-0.4, -0.2) is 39.9 Å². The maximum absolute atomic E-state index is 10.6. The van der Waals surface area contributed by atoms with Crippen molar-refractivity contribution < 1.29 is 25.2 Å². The standard InChI is InChI=1S/C24H26N2O5/c27-15-26-22-13-18(5-10-23(22)30)24(31)14-25-12-11-21(16-1-6-19(28)7-2-16)17-3-8-20(29)9-4-17/h1-10,13,15,21,24-25,28-31H,11-12,14H2,(H,26,27). The van der Waals surface area contributed by atoms with Crippen LogP contribution in [0.2, 0.25) is 0 Å². The van der Waals surface area contributed by atoms with Gasteiger partial charge in [0.1, 0.15) is 17.2 Å². The van der Waals surface area contributed by atoms with Crippen LogP contribution in [0.15, 0.2) is 66.7 Å². The number of anilines is 1. The Morgan fingerprint density at radius 1 is 0.806 bits per heavy atom. The largest absolute Gasteiger partial charge is 0.508 e. The summed E-state index contributed by atoms with van der Waals surface area (Å²) in [6.45, 7) is 0.907. The lowest BCUT2D eigenvalue weighted by Crippen LogP contribution is -2.24. The third kappa shape index (κ3) is 5.97. The number of amides is 1. The number of carbonyl (C=O) groups is 1. The first-order valence-electron chi connectivity index (χ1n) is 9.97. The first-order chi connectivity index (χ1) is 15.0. The highest BCUT2D eigenvalue weighted by atomic mass is 16.3. The maximum atomic E-state index is 10.6. The molecule has 0 aliphatic heterocycles. The molecule has 3 rings (SSSR count). The quantitative estimate of drug-likeness (QED) is 0.169. The van der Waals surface area contributed by atoms with Crippen molar-refractivity contribution in [3.63, 3.8) is 0 Å². The van der Waals surface area contributed by atoms with Crippen molar-refractivity contribution in [1.29, 1.82) is 0 Å². The van der Waals surface area contributed by atoms with Crippen molar-refractivity contribution >= 4 is 12.1 Å². The summed E-state index contributed by atoms with van der Waals surface area (Å²) in [4.78, 5) is 10.6. The number of hydrogen-bond acceptors (Lipinski definition) is 6. The van der Waals surface area contributed by atoms with Crippen LogP contribution in [0.1, 0.15) is 35.1 Å². The number of phenolic OH excluding ortho intramolecular Hbond substituents is 3. The molecule has 6 N–H and O–H groups in total. The molecule has 1 unspecified atom stereocenters. The average molecular weight is 422 g/mol. The molecule has 1 amide bonds. The SMILES string of the molecule is O=CNc1cc(C(O)CNCCC(c2ccc(O)cc2)c2ccc(O)cc2)ccc1O. The number of carbonyl (C=O) groups excluding carboxylic acids is 1. The number of rotatable bonds is 10. The van der Waals surface area contributed by atoms with Gasteiger partial charge in [0, 0.05) is 12.5 Å². The third-order valence-corrected chi connectivity index (χ3v) is 5.16. The van der Waals surface area contributed by atoms with Crippen LogP contribution in [0, 0.1) is 0 Å². The molecule has 1 atom stereocenters. The summed E-state index contributed by atoms with van der Waals surface area (Å²) in [6.07, 6.45) is 0.389. The Bertz CT molecular complexity index is 944. The molecule has 31 heavy (non-hydrogen) atoms. The smallest absolute Gasteiger partial charge is 0.211 e. The number of aliphatic hydroxyl groups excluding tert-OH is 1. The second-order valence-corrected chi connectivity index (χ2v) is 7.28. The van der Waals surface area contributed by atoms with Gasteiger partial charge in [-0.15, -0.1) is 0 Å². The van der Waals surface area contributed by atoms with E-state index in [0.29, 0.717) is 25.1 Å². The van der Waals surface area contributed by atoms with Crippen LogP contribution in [0.3, 0.4) is 0 Å². The van der Waals surface area contributed by atoms with Crippen molar-refractivity contribution in [2.24, 2.45) is 0 Å². The van der Waals surface area contributed by atoms with Gasteiger partial charge in [-0.3, -0.25) is 4.79 Å². The molecule has 0 aliphatic rings. The van der Waals surface area contributed by atoms with Crippen LogP contribution in [-0.2, 0) is 4.79 Å². The molecule has 0 spiro atoms. The molecule has 0 heterocycles. The fraction of sp³-hybridized carbons (Fsp3) is 0.208. The summed E-state index contributed by atoms with van der Waals surface area (Å²) in [5.41, 5.74) is 2.89. The molecule has 3 aromatic rings. The van der Waals surface area contributed by atoms with E-state index in [4.69, 9.17) is 0 Å². The zero-order chi connectivity index (χ0) is 22.2. The summed E-state index contributed by atoms with van der Waals surface area (Å²) in [7, 11) is 0. The van der Waals surface area contributed by atoms with E-state index >= 15 is 0 Å². The lowest BCUT2D eigenvalue weighted by molar-refractivity contribution is -0.105. The van der Waals surface area contributed by atoms with E-state index in [2.05, 4.69) is 10.6 Å². The summed E-state index contributed by atoms with van der Waals surface area (Å²) in [5, 5.41) is 45.0. The predicted molar refractivity (Wildman–Crippen MR) is 118 cm³/mol. The lowest BCUT2D eigenvalue weighted by atomic mass is 9.88. The number of phenols is 3. The van der Waals surface area contributed by atoms with Gasteiger partial charge in [-0.2, -0.15) is 0 Å². The highest BCUT2D eigenvalue weighted by Crippen LogP contribution is 2.30. The normalized spacial score (nSPS) is 11.9. The minimum atomic E-state index is -0.811. The first-order valence-corrected chi connectivity index (χ1v) is 9.97. The molecule has 0 radical (unpaired) electrons. The minimum Gasteiger partial charge on any atom is -0.508 e. The van der Waals surface area contributed by atoms with Gasteiger partial charge in [0.2, 0.25) is 6.41 Å². The molecule has 0 saturated heterocycles. The van der Waals surface area contributed by atoms with Crippen molar-refractivity contribution in [2.45, 2.75) is 18.4 Å². The van der Waals surface area contributed by atoms with Crippen LogP contribution in [0.5, 0.6) is 17.2 Å². The zero-order valence-electron chi connectivity index (χ0n) is 16.9. The second kappa shape index (κ2) is 10.5. The molecule has 0 saturated carbocycles. The molecule has 162 valence electrons. The van der Waals surface area contributed by atoms with Gasteiger partial charge in [-0.25, -0.2) is 0 Å². The Kier molecular flexibility index (Phi) is 7.48. The van der Waals surface area contributed by atoms with Crippen molar-refractivity contribution in [3.8, 4) is 17.2 Å². The Labute approximate surface area is 180 Å². The molecule has 0 fully saturated rings. The summed E-state index contributed by atoms with van der Waals surface area (Å²) in [5.74, 6) is 0.378. The molecule has 7 nitrogen and oxygen atoms in total. The molecular formula is C24H26N2O5. The fourth-order valence-corrected chi connectivity index (χ4v) is 3.48. The van der Waals surface area contributed by atoms with E-state index in [-0.39, 0.29) is 28.9 Å². The van der Waals surface area contributed by atoms with Crippen LogP contribution in [0.25, 0.3) is 0 Å². The average Bonchev–Trinajstić information content (AvgIpc) is 2.77. The van der Waals surface area contributed by atoms with Gasteiger partial charge in [0.15, 0.2) is 0 Å². The molecular weight excluding hydrogens is 396 g/mol. The number of benzene rings is 3. The predicted octanol–water partition coefficient (Wildman–Crippen LogP) is 3.22. The van der Waals surface area contributed by atoms with Gasteiger partial charge in [0.25, 0.3) is 0 Å². The number of nitrogens with one attached hydrogen (secondary N) is 2. The van der Waals surface area contributed by atoms with E-state index in [9.17, 15) is 25.2 Å².